The molecule has 2 saturated carbocycles. The van der Waals surface area contributed by atoms with E-state index in [0.717, 1.165) is 49.7 Å². The maximum absolute atomic E-state index is 12.5. The smallest absolute Gasteiger partial charge is 0.422 e. The largest absolute Gasteiger partial charge is 0.497 e. The number of rotatable bonds is 12. The van der Waals surface area contributed by atoms with E-state index in [0.29, 0.717) is 28.9 Å². The van der Waals surface area contributed by atoms with E-state index in [2.05, 4.69) is 9.97 Å². The van der Waals surface area contributed by atoms with Gasteiger partial charge >= 0.3 is 12.1 Å². The predicted octanol–water partition coefficient (Wildman–Crippen LogP) is 6.83. The Bertz CT molecular complexity index is 1360. The van der Waals surface area contributed by atoms with Crippen LogP contribution in [0.5, 0.6) is 23.3 Å². The van der Waals surface area contributed by atoms with E-state index in [-0.39, 0.29) is 30.4 Å². The molecule has 2 fully saturated rings. The fourth-order valence-corrected chi connectivity index (χ4v) is 5.33. The molecule has 1 atom stereocenters. The van der Waals surface area contributed by atoms with Crippen LogP contribution in [0.25, 0.3) is 11.1 Å². The van der Waals surface area contributed by atoms with Crippen LogP contribution in [0.1, 0.15) is 56.4 Å². The maximum atomic E-state index is 12.5. The highest BCUT2D eigenvalue weighted by molar-refractivity contribution is 5.71. The van der Waals surface area contributed by atoms with E-state index < -0.39 is 18.8 Å². The highest BCUT2D eigenvalue weighted by Crippen LogP contribution is 2.45. The Balaban J connectivity index is 1.20. The fraction of sp³-hybridized carbons (Fsp3) is 0.452. The van der Waals surface area contributed by atoms with Crippen molar-refractivity contribution >= 4 is 5.97 Å². The third kappa shape index (κ3) is 8.04. The topological polar surface area (TPSA) is 100 Å². The number of carboxylic acid groups (broad SMARTS) is 1. The van der Waals surface area contributed by atoms with Gasteiger partial charge in [-0.2, -0.15) is 13.2 Å². The number of ether oxygens (including phenoxy) is 4. The Morgan fingerprint density at radius 3 is 2.31 bits per heavy atom. The summed E-state index contributed by atoms with van der Waals surface area (Å²) in [6.07, 6.45) is 3.78. The molecule has 2 aliphatic rings. The number of carbonyl (C=O) groups is 1. The van der Waals surface area contributed by atoms with E-state index in [1.165, 1.54) is 12.3 Å². The summed E-state index contributed by atoms with van der Waals surface area (Å²) in [6, 6.07) is 12.2. The molecule has 5 rings (SSSR count). The maximum Gasteiger partial charge on any atom is 0.422 e. The second-order valence-corrected chi connectivity index (χ2v) is 10.8. The van der Waals surface area contributed by atoms with E-state index in [9.17, 15) is 23.1 Å². The molecule has 2 heterocycles. The molecule has 0 bridgehead atoms. The van der Waals surface area contributed by atoms with Gasteiger partial charge in [0, 0.05) is 41.7 Å². The lowest BCUT2D eigenvalue weighted by Crippen LogP contribution is -2.30. The lowest BCUT2D eigenvalue weighted by Gasteiger charge is -2.30. The number of pyridine rings is 2. The van der Waals surface area contributed by atoms with Crippen molar-refractivity contribution in [2.45, 2.75) is 69.2 Å². The molecule has 8 nitrogen and oxygen atoms in total. The van der Waals surface area contributed by atoms with Crippen molar-refractivity contribution in [3.8, 4) is 34.4 Å². The summed E-state index contributed by atoms with van der Waals surface area (Å²) < 4.78 is 60.1. The number of methoxy groups -OCH3 is 1. The van der Waals surface area contributed by atoms with E-state index in [1.54, 1.807) is 31.5 Å². The first kappa shape index (κ1) is 29.5. The van der Waals surface area contributed by atoms with Crippen molar-refractivity contribution in [2.24, 2.45) is 5.92 Å². The van der Waals surface area contributed by atoms with Crippen LogP contribution < -0.4 is 18.9 Å². The summed E-state index contributed by atoms with van der Waals surface area (Å²) in [4.78, 5) is 19.8. The summed E-state index contributed by atoms with van der Waals surface area (Å²) in [5.74, 6) is 1.18. The number of nitrogens with zero attached hydrogens (tertiary/aromatic N) is 2. The molecule has 1 unspecified atom stereocenters. The summed E-state index contributed by atoms with van der Waals surface area (Å²) >= 11 is 0. The minimum atomic E-state index is -4.44. The highest BCUT2D eigenvalue weighted by Gasteiger charge is 2.34. The summed E-state index contributed by atoms with van der Waals surface area (Å²) in [5.41, 5.74) is 2.36. The third-order valence-electron chi connectivity index (χ3n) is 7.59. The zero-order chi connectivity index (χ0) is 29.7. The van der Waals surface area contributed by atoms with Crippen LogP contribution in [-0.2, 0) is 4.79 Å². The van der Waals surface area contributed by atoms with E-state index >= 15 is 0 Å². The summed E-state index contributed by atoms with van der Waals surface area (Å²) in [7, 11) is 1.56. The minimum Gasteiger partial charge on any atom is -0.497 e. The van der Waals surface area contributed by atoms with Gasteiger partial charge in [0.05, 0.1) is 19.6 Å². The molecule has 1 aromatic carbocycles. The van der Waals surface area contributed by atoms with Gasteiger partial charge in [0.1, 0.15) is 17.6 Å². The zero-order valence-corrected chi connectivity index (χ0v) is 23.2. The predicted molar refractivity (Wildman–Crippen MR) is 147 cm³/mol. The fourth-order valence-electron chi connectivity index (χ4n) is 5.33. The molecular formula is C31H33F3N2O6. The number of halogens is 3. The van der Waals surface area contributed by atoms with Gasteiger partial charge in [-0.3, -0.25) is 4.79 Å². The van der Waals surface area contributed by atoms with Crippen LogP contribution in [0.2, 0.25) is 0 Å². The Morgan fingerprint density at radius 1 is 0.952 bits per heavy atom. The van der Waals surface area contributed by atoms with Gasteiger partial charge in [-0.05, 0) is 80.2 Å². The van der Waals surface area contributed by atoms with Gasteiger partial charge in [0.15, 0.2) is 6.61 Å². The molecular weight excluding hydrogens is 553 g/mol. The van der Waals surface area contributed by atoms with Gasteiger partial charge in [-0.1, -0.05) is 0 Å². The van der Waals surface area contributed by atoms with Crippen molar-refractivity contribution in [2.75, 3.05) is 13.7 Å². The number of aliphatic carboxylic acids is 1. The number of benzene rings is 1. The molecule has 0 spiro atoms. The van der Waals surface area contributed by atoms with Crippen molar-refractivity contribution in [3.63, 3.8) is 0 Å². The Kier molecular flexibility index (Phi) is 9.03. The number of aromatic nitrogens is 2. The molecule has 11 heteroatoms. The van der Waals surface area contributed by atoms with Crippen LogP contribution in [0.15, 0.2) is 54.9 Å². The standard InChI is InChI=1S/C31H33F3N2O6/c1-39-24-9-10-25(21-4-11-28(36-17-21)40-18-31(32,33)34)27(15-24)41-22-5-7-23(8-6-22)42-29-14-20(12-13-35-29)26(16-30(37)38)19-2-3-19/h4,9-15,17,19,22-23,26H,2-3,5-8,16,18H2,1H3,(H,37,38)/t22-,23-,26?. The molecule has 2 aliphatic carbocycles. The van der Waals surface area contributed by atoms with E-state index in [4.69, 9.17) is 18.9 Å². The van der Waals surface area contributed by atoms with Gasteiger partial charge in [0.25, 0.3) is 0 Å². The number of hydrogen-bond donors (Lipinski definition) is 1. The SMILES string of the molecule is COc1ccc(-c2ccc(OCC(F)(F)F)nc2)c(O[C@H]2CC[C@H](Oc3cc(C(CC(=O)O)C4CC4)ccn3)CC2)c1. The molecule has 3 aromatic rings. The molecule has 1 N–H and O–H groups in total. The monoisotopic (exact) mass is 586 g/mol. The average molecular weight is 587 g/mol. The lowest BCUT2D eigenvalue weighted by molar-refractivity contribution is -0.154. The third-order valence-corrected chi connectivity index (χ3v) is 7.59. The minimum absolute atomic E-state index is 0.0205. The Labute approximate surface area is 241 Å². The zero-order valence-electron chi connectivity index (χ0n) is 23.2. The van der Waals surface area contributed by atoms with Crippen molar-refractivity contribution < 1.29 is 42.0 Å². The number of hydrogen-bond acceptors (Lipinski definition) is 7. The molecule has 0 amide bonds. The molecule has 0 aliphatic heterocycles. The average Bonchev–Trinajstić information content (AvgIpc) is 3.81. The van der Waals surface area contributed by atoms with Crippen molar-refractivity contribution in [3.05, 3.63) is 60.4 Å². The molecule has 2 aromatic heterocycles. The normalized spacial score (nSPS) is 19.5. The second kappa shape index (κ2) is 12.9. The van der Waals surface area contributed by atoms with Crippen LogP contribution in [-0.4, -0.2) is 53.1 Å². The first-order valence-corrected chi connectivity index (χ1v) is 14.0. The Morgan fingerprint density at radius 2 is 1.69 bits per heavy atom. The van der Waals surface area contributed by atoms with Crippen LogP contribution in [0.4, 0.5) is 13.2 Å². The van der Waals surface area contributed by atoms with Crippen LogP contribution >= 0.6 is 0 Å². The van der Waals surface area contributed by atoms with E-state index in [1.807, 2.05) is 18.2 Å². The first-order valence-electron chi connectivity index (χ1n) is 14.0. The van der Waals surface area contributed by atoms with Crippen LogP contribution in [0.3, 0.4) is 0 Å². The highest BCUT2D eigenvalue weighted by atomic mass is 19.4. The molecule has 0 saturated heterocycles. The molecule has 42 heavy (non-hydrogen) atoms. The molecule has 224 valence electrons. The van der Waals surface area contributed by atoms with Gasteiger partial charge in [0.2, 0.25) is 11.8 Å². The van der Waals surface area contributed by atoms with Gasteiger partial charge < -0.3 is 24.1 Å². The van der Waals surface area contributed by atoms with Crippen molar-refractivity contribution in [1.29, 1.82) is 0 Å². The van der Waals surface area contributed by atoms with Gasteiger partial charge in [-0.25, -0.2) is 9.97 Å². The molecule has 0 radical (unpaired) electrons. The first-order chi connectivity index (χ1) is 20.2. The van der Waals surface area contributed by atoms with Crippen molar-refractivity contribution in [1.82, 2.24) is 9.97 Å². The van der Waals surface area contributed by atoms with Crippen LogP contribution in [0, 0.1) is 5.92 Å². The van der Waals surface area contributed by atoms with Gasteiger partial charge in [-0.15, -0.1) is 0 Å². The Hall–Kier alpha value is -4.02. The summed E-state index contributed by atoms with van der Waals surface area (Å²) in [5, 5.41) is 9.34. The summed E-state index contributed by atoms with van der Waals surface area (Å²) in [6.45, 7) is -1.41. The number of alkyl halides is 3. The second-order valence-electron chi connectivity index (χ2n) is 10.8. The quantitative estimate of drug-likeness (QED) is 0.247. The lowest BCUT2D eigenvalue weighted by atomic mass is 9.91. The number of carboxylic acids is 1.